The summed E-state index contributed by atoms with van der Waals surface area (Å²) in [4.78, 5) is 7.90. The fourth-order valence-electron chi connectivity index (χ4n) is 3.03. The van der Waals surface area contributed by atoms with E-state index in [0.717, 1.165) is 29.6 Å². The summed E-state index contributed by atoms with van der Waals surface area (Å²) in [5.41, 5.74) is 8.37. The van der Waals surface area contributed by atoms with E-state index < -0.39 is 26.4 Å². The maximum Gasteiger partial charge on any atom is 0.181 e. The summed E-state index contributed by atoms with van der Waals surface area (Å²) in [5, 5.41) is 0. The second kappa shape index (κ2) is 7.59. The van der Waals surface area contributed by atoms with Crippen molar-refractivity contribution in [3.05, 3.63) is 47.9 Å². The first kappa shape index (κ1) is 19.2. The lowest BCUT2D eigenvalue weighted by Gasteiger charge is -2.08. The highest BCUT2D eigenvalue weighted by molar-refractivity contribution is 7.91. The molecule has 3 rings (SSSR count). The molecule has 0 saturated carbocycles. The Kier molecular flexibility index (Phi) is 5.41. The third-order valence-electron chi connectivity index (χ3n) is 4.39. The van der Waals surface area contributed by atoms with Crippen molar-refractivity contribution in [2.24, 2.45) is 0 Å². The molecular weight excluding hydrogens is 374 g/mol. The Balaban J connectivity index is 1.57. The Morgan fingerprint density at radius 2 is 1.93 bits per heavy atom. The summed E-state index contributed by atoms with van der Waals surface area (Å²) in [5.74, 6) is -1.66. The summed E-state index contributed by atoms with van der Waals surface area (Å²) < 4.78 is 53.0. The van der Waals surface area contributed by atoms with Crippen LogP contribution in [-0.4, -0.2) is 28.7 Å². The maximum atomic E-state index is 13.7. The monoisotopic (exact) mass is 394 g/mol. The first-order valence-corrected chi connectivity index (χ1v) is 10.2. The van der Waals surface area contributed by atoms with Crippen LogP contribution in [0.3, 0.4) is 0 Å². The number of nitrogen functional groups attached to an aromatic ring is 1. The molecule has 6 nitrogen and oxygen atoms in total. The molecule has 27 heavy (non-hydrogen) atoms. The molecule has 0 atom stereocenters. The topological polar surface area (TPSA) is 90.9 Å². The minimum atomic E-state index is -3.77. The van der Waals surface area contributed by atoms with Gasteiger partial charge in [0.05, 0.1) is 17.6 Å². The number of imidazole rings is 1. The fourth-order valence-corrected chi connectivity index (χ4v) is 4.47. The highest BCUT2D eigenvalue weighted by Gasteiger charge is 2.19. The first-order valence-electron chi connectivity index (χ1n) is 8.53. The van der Waals surface area contributed by atoms with Crippen molar-refractivity contribution >= 4 is 26.7 Å². The number of unbranched alkanes of at least 4 members (excludes halogenated alkanes) is 2. The molecule has 2 N–H and O–H groups in total. The number of aromatic nitrogens is 3. The van der Waals surface area contributed by atoms with Gasteiger partial charge in [0.25, 0.3) is 0 Å². The predicted molar refractivity (Wildman–Crippen MR) is 98.9 cm³/mol. The third-order valence-corrected chi connectivity index (χ3v) is 6.22. The zero-order valence-corrected chi connectivity index (χ0v) is 15.6. The SMILES string of the molecule is Cc1cnc(N)c2ncn(CCCCCS(=O)(=O)c3ccc(F)cc3F)c12. The summed E-state index contributed by atoms with van der Waals surface area (Å²) in [6.07, 6.45) is 5.14. The normalized spacial score (nSPS) is 12.0. The number of hydrogen-bond acceptors (Lipinski definition) is 5. The number of anilines is 1. The molecule has 144 valence electrons. The zero-order valence-electron chi connectivity index (χ0n) is 14.8. The molecule has 0 saturated heterocycles. The fraction of sp³-hybridized carbons (Fsp3) is 0.333. The van der Waals surface area contributed by atoms with Gasteiger partial charge in [-0.05, 0) is 37.5 Å². The number of nitrogens with two attached hydrogens (primary N) is 1. The van der Waals surface area contributed by atoms with Gasteiger partial charge in [0.15, 0.2) is 15.7 Å². The molecule has 1 aromatic carbocycles. The van der Waals surface area contributed by atoms with Crippen LogP contribution in [0.15, 0.2) is 35.6 Å². The van der Waals surface area contributed by atoms with E-state index in [-0.39, 0.29) is 5.75 Å². The van der Waals surface area contributed by atoms with Crippen LogP contribution in [0.5, 0.6) is 0 Å². The lowest BCUT2D eigenvalue weighted by atomic mass is 10.2. The second-order valence-corrected chi connectivity index (χ2v) is 8.49. The number of halogens is 2. The van der Waals surface area contributed by atoms with E-state index in [9.17, 15) is 17.2 Å². The number of hydrogen-bond donors (Lipinski definition) is 1. The van der Waals surface area contributed by atoms with Crippen LogP contribution in [0.1, 0.15) is 24.8 Å². The number of aryl methyl sites for hydroxylation is 2. The highest BCUT2D eigenvalue weighted by Crippen LogP contribution is 2.22. The highest BCUT2D eigenvalue weighted by atomic mass is 32.2. The van der Waals surface area contributed by atoms with Gasteiger partial charge in [-0.15, -0.1) is 0 Å². The summed E-state index contributed by atoms with van der Waals surface area (Å²) in [6.45, 7) is 2.59. The van der Waals surface area contributed by atoms with Crippen LogP contribution >= 0.6 is 0 Å². The summed E-state index contributed by atoms with van der Waals surface area (Å²) >= 11 is 0. The van der Waals surface area contributed by atoms with Gasteiger partial charge < -0.3 is 10.3 Å². The molecule has 0 aliphatic heterocycles. The van der Waals surface area contributed by atoms with Crippen molar-refractivity contribution in [3.63, 3.8) is 0 Å². The van der Waals surface area contributed by atoms with E-state index in [4.69, 9.17) is 5.73 Å². The van der Waals surface area contributed by atoms with E-state index in [1.54, 1.807) is 12.5 Å². The molecule has 9 heteroatoms. The Morgan fingerprint density at radius 1 is 1.15 bits per heavy atom. The van der Waals surface area contributed by atoms with Crippen molar-refractivity contribution in [2.75, 3.05) is 11.5 Å². The van der Waals surface area contributed by atoms with Crippen molar-refractivity contribution in [2.45, 2.75) is 37.6 Å². The van der Waals surface area contributed by atoms with E-state index in [2.05, 4.69) is 9.97 Å². The number of nitrogens with zero attached hydrogens (tertiary/aromatic N) is 3. The Labute approximate surface area is 156 Å². The molecule has 0 fully saturated rings. The van der Waals surface area contributed by atoms with Gasteiger partial charge in [0, 0.05) is 18.8 Å². The Bertz CT molecular complexity index is 1080. The number of benzene rings is 1. The van der Waals surface area contributed by atoms with Gasteiger partial charge in [-0.3, -0.25) is 0 Å². The van der Waals surface area contributed by atoms with Crippen LogP contribution in [0.2, 0.25) is 0 Å². The van der Waals surface area contributed by atoms with E-state index >= 15 is 0 Å². The van der Waals surface area contributed by atoms with Gasteiger partial charge in [0.2, 0.25) is 0 Å². The second-order valence-electron chi connectivity index (χ2n) is 6.42. The molecular formula is C18H20F2N4O2S. The van der Waals surface area contributed by atoms with Crippen molar-refractivity contribution in [3.8, 4) is 0 Å². The van der Waals surface area contributed by atoms with Gasteiger partial charge >= 0.3 is 0 Å². The average molecular weight is 394 g/mol. The van der Waals surface area contributed by atoms with Crippen LogP contribution in [0, 0.1) is 18.6 Å². The molecule has 2 aromatic heterocycles. The maximum absolute atomic E-state index is 13.7. The van der Waals surface area contributed by atoms with Crippen LogP contribution < -0.4 is 5.73 Å². The minimum Gasteiger partial charge on any atom is -0.382 e. The lowest BCUT2D eigenvalue weighted by molar-refractivity contribution is 0.546. The number of fused-ring (bicyclic) bond motifs is 1. The number of pyridine rings is 1. The quantitative estimate of drug-likeness (QED) is 0.491. The van der Waals surface area contributed by atoms with Crippen molar-refractivity contribution in [1.82, 2.24) is 14.5 Å². The molecule has 0 radical (unpaired) electrons. The smallest absolute Gasteiger partial charge is 0.181 e. The Morgan fingerprint density at radius 3 is 2.67 bits per heavy atom. The van der Waals surface area contributed by atoms with E-state index in [1.165, 1.54) is 0 Å². The molecule has 0 unspecified atom stereocenters. The zero-order chi connectivity index (χ0) is 19.6. The molecule has 2 heterocycles. The largest absolute Gasteiger partial charge is 0.382 e. The van der Waals surface area contributed by atoms with Crippen LogP contribution in [0.4, 0.5) is 14.6 Å². The van der Waals surface area contributed by atoms with E-state index in [1.807, 2.05) is 11.5 Å². The predicted octanol–water partition coefficient (Wildman–Crippen LogP) is 3.24. The van der Waals surface area contributed by atoms with Crippen LogP contribution in [-0.2, 0) is 16.4 Å². The van der Waals surface area contributed by atoms with Crippen LogP contribution in [0.25, 0.3) is 11.0 Å². The van der Waals surface area contributed by atoms with Crippen molar-refractivity contribution < 1.29 is 17.2 Å². The molecule has 3 aromatic rings. The molecule has 0 aliphatic carbocycles. The standard InChI is InChI=1S/C18H20F2N4O2S/c1-12-10-22-18(21)16-17(12)24(11-23-16)7-3-2-4-8-27(25,26)15-6-5-13(19)9-14(15)20/h5-6,9-11H,2-4,7-8H2,1H3,(H2,21,22). The number of rotatable bonds is 7. The van der Waals surface area contributed by atoms with Gasteiger partial charge in [-0.25, -0.2) is 27.2 Å². The average Bonchev–Trinajstić information content (AvgIpc) is 3.03. The van der Waals surface area contributed by atoms with Gasteiger partial charge in [-0.2, -0.15) is 0 Å². The molecule has 0 aliphatic rings. The summed E-state index contributed by atoms with van der Waals surface area (Å²) in [7, 11) is -3.77. The Hall–Kier alpha value is -2.55. The molecule has 0 spiro atoms. The lowest BCUT2D eigenvalue weighted by Crippen LogP contribution is -2.09. The van der Waals surface area contributed by atoms with Crippen molar-refractivity contribution in [1.29, 1.82) is 0 Å². The van der Waals surface area contributed by atoms with Gasteiger partial charge in [0.1, 0.15) is 22.0 Å². The number of sulfone groups is 1. The molecule has 0 bridgehead atoms. The summed E-state index contributed by atoms with van der Waals surface area (Å²) in [6, 6.07) is 2.50. The molecule has 0 amide bonds. The van der Waals surface area contributed by atoms with Gasteiger partial charge in [-0.1, -0.05) is 6.42 Å². The third kappa shape index (κ3) is 4.08. The minimum absolute atomic E-state index is 0.184. The van der Waals surface area contributed by atoms with E-state index in [0.29, 0.717) is 36.8 Å². The first-order chi connectivity index (χ1) is 12.8.